The van der Waals surface area contributed by atoms with Crippen LogP contribution in [0.3, 0.4) is 0 Å². The topological polar surface area (TPSA) is 30.5 Å². The Morgan fingerprint density at radius 1 is 1.38 bits per heavy atom. The Hall–Kier alpha value is -1.13. The van der Waals surface area contributed by atoms with Gasteiger partial charge in [-0.1, -0.05) is 6.07 Å². The second kappa shape index (κ2) is 4.79. The van der Waals surface area contributed by atoms with E-state index in [2.05, 4.69) is 10.3 Å². The minimum absolute atomic E-state index is 0.246. The molecule has 0 saturated heterocycles. The molecule has 0 saturated carbocycles. The van der Waals surface area contributed by atoms with Gasteiger partial charge >= 0.3 is 0 Å². The average Bonchev–Trinajstić information content (AvgIpc) is 2.16. The van der Waals surface area contributed by atoms with Gasteiger partial charge in [-0.05, 0) is 17.7 Å². The normalized spacial score (nSPS) is 10.1. The predicted molar refractivity (Wildman–Crippen MR) is 46.8 cm³/mol. The zero-order valence-electron chi connectivity index (χ0n) is 7.63. The van der Waals surface area contributed by atoms with Crippen molar-refractivity contribution in [3.05, 3.63) is 29.6 Å². The van der Waals surface area contributed by atoms with E-state index in [0.717, 1.165) is 5.56 Å². The fourth-order valence-corrected chi connectivity index (χ4v) is 0.970. The highest BCUT2D eigenvalue weighted by molar-refractivity contribution is 5.30. The molecule has 0 aliphatic heterocycles. The molecule has 13 heavy (non-hydrogen) atoms. The van der Waals surface area contributed by atoms with Gasteiger partial charge in [0.2, 0.25) is 0 Å². The van der Waals surface area contributed by atoms with Crippen LogP contribution in [0.1, 0.15) is 5.56 Å². The molecular formula is C9H12FNO2. The maximum Gasteiger partial charge on any atom is 0.165 e. The lowest BCUT2D eigenvalue weighted by atomic mass is 10.2. The minimum atomic E-state index is -0.358. The molecule has 0 atom stereocenters. The van der Waals surface area contributed by atoms with Crippen molar-refractivity contribution < 1.29 is 14.0 Å². The van der Waals surface area contributed by atoms with E-state index in [-0.39, 0.29) is 11.6 Å². The Balaban J connectivity index is 2.74. The molecule has 4 heteroatoms. The summed E-state index contributed by atoms with van der Waals surface area (Å²) in [6, 6.07) is 4.66. The zero-order chi connectivity index (χ0) is 9.68. The van der Waals surface area contributed by atoms with Crippen LogP contribution in [0.5, 0.6) is 5.75 Å². The van der Waals surface area contributed by atoms with Crippen molar-refractivity contribution in [3.63, 3.8) is 0 Å². The van der Waals surface area contributed by atoms with Crippen LogP contribution in [0, 0.1) is 5.82 Å². The molecule has 0 amide bonds. The third kappa shape index (κ3) is 2.68. The van der Waals surface area contributed by atoms with E-state index in [4.69, 9.17) is 4.74 Å². The van der Waals surface area contributed by atoms with Crippen LogP contribution in [0.15, 0.2) is 18.2 Å². The van der Waals surface area contributed by atoms with Gasteiger partial charge in [-0.2, -0.15) is 5.48 Å². The van der Waals surface area contributed by atoms with Crippen molar-refractivity contribution in [3.8, 4) is 5.75 Å². The van der Waals surface area contributed by atoms with Gasteiger partial charge in [0.25, 0.3) is 0 Å². The number of hydroxylamine groups is 1. The molecule has 0 aromatic heterocycles. The van der Waals surface area contributed by atoms with Crippen molar-refractivity contribution in [2.45, 2.75) is 6.54 Å². The van der Waals surface area contributed by atoms with Crippen LogP contribution >= 0.6 is 0 Å². The summed E-state index contributed by atoms with van der Waals surface area (Å²) in [5, 5.41) is 0. The van der Waals surface area contributed by atoms with E-state index in [1.165, 1.54) is 20.3 Å². The van der Waals surface area contributed by atoms with Gasteiger partial charge in [-0.25, -0.2) is 4.39 Å². The summed E-state index contributed by atoms with van der Waals surface area (Å²) < 4.78 is 17.7. The first-order chi connectivity index (χ1) is 6.27. The van der Waals surface area contributed by atoms with Gasteiger partial charge in [-0.15, -0.1) is 0 Å². The summed E-state index contributed by atoms with van der Waals surface area (Å²) in [6.45, 7) is 0.521. The van der Waals surface area contributed by atoms with Crippen molar-refractivity contribution in [1.29, 1.82) is 0 Å². The third-order valence-corrected chi connectivity index (χ3v) is 1.64. The molecule has 1 aromatic rings. The molecule has 0 spiro atoms. The monoisotopic (exact) mass is 185 g/mol. The van der Waals surface area contributed by atoms with Gasteiger partial charge in [0.05, 0.1) is 14.2 Å². The number of ether oxygens (including phenoxy) is 1. The number of nitrogens with one attached hydrogen (secondary N) is 1. The maximum atomic E-state index is 12.9. The molecule has 72 valence electrons. The average molecular weight is 185 g/mol. The van der Waals surface area contributed by atoms with Gasteiger partial charge in [0.15, 0.2) is 11.6 Å². The fourth-order valence-electron chi connectivity index (χ4n) is 0.970. The molecule has 1 N–H and O–H groups in total. The molecule has 1 aromatic carbocycles. The smallest absolute Gasteiger partial charge is 0.165 e. The summed E-state index contributed by atoms with van der Waals surface area (Å²) in [5.74, 6) is -0.112. The van der Waals surface area contributed by atoms with Crippen LogP contribution in [0.2, 0.25) is 0 Å². The Morgan fingerprint density at radius 3 is 2.77 bits per heavy atom. The first-order valence-electron chi connectivity index (χ1n) is 3.86. The standard InChI is InChI=1S/C9H12FNO2/c1-12-9-5-7(6-11-13-2)3-4-8(9)10/h3-5,11H,6H2,1-2H3. The quantitative estimate of drug-likeness (QED) is 0.721. The van der Waals surface area contributed by atoms with Crippen LogP contribution in [0.25, 0.3) is 0 Å². The maximum absolute atomic E-state index is 12.9. The zero-order valence-corrected chi connectivity index (χ0v) is 7.63. The number of benzene rings is 1. The largest absolute Gasteiger partial charge is 0.494 e. The van der Waals surface area contributed by atoms with E-state index < -0.39 is 0 Å². The lowest BCUT2D eigenvalue weighted by Crippen LogP contribution is -2.10. The van der Waals surface area contributed by atoms with Gasteiger partial charge in [0, 0.05) is 6.54 Å². The molecule has 0 radical (unpaired) electrons. The molecule has 0 aliphatic carbocycles. The van der Waals surface area contributed by atoms with E-state index >= 15 is 0 Å². The first kappa shape index (κ1) is 9.95. The first-order valence-corrected chi connectivity index (χ1v) is 3.86. The highest BCUT2D eigenvalue weighted by atomic mass is 19.1. The van der Waals surface area contributed by atoms with E-state index in [0.29, 0.717) is 6.54 Å². The fraction of sp³-hybridized carbons (Fsp3) is 0.333. The van der Waals surface area contributed by atoms with Gasteiger partial charge < -0.3 is 9.57 Å². The van der Waals surface area contributed by atoms with Crippen LogP contribution in [-0.2, 0) is 11.4 Å². The summed E-state index contributed by atoms with van der Waals surface area (Å²) in [7, 11) is 2.96. The van der Waals surface area contributed by atoms with Crippen LogP contribution < -0.4 is 10.2 Å². The highest BCUT2D eigenvalue weighted by Crippen LogP contribution is 2.17. The van der Waals surface area contributed by atoms with Gasteiger partial charge in [-0.3, -0.25) is 0 Å². The van der Waals surface area contributed by atoms with Crippen molar-refractivity contribution in [2.24, 2.45) is 0 Å². The lowest BCUT2D eigenvalue weighted by Gasteiger charge is -2.05. The number of hydrogen-bond acceptors (Lipinski definition) is 3. The number of halogens is 1. The lowest BCUT2D eigenvalue weighted by molar-refractivity contribution is 0.0866. The summed E-state index contributed by atoms with van der Waals surface area (Å²) in [4.78, 5) is 4.66. The Kier molecular flexibility index (Phi) is 3.67. The summed E-state index contributed by atoms with van der Waals surface area (Å²) in [5.41, 5.74) is 3.56. The van der Waals surface area contributed by atoms with Crippen molar-refractivity contribution >= 4 is 0 Å². The molecule has 3 nitrogen and oxygen atoms in total. The third-order valence-electron chi connectivity index (χ3n) is 1.64. The second-order valence-corrected chi connectivity index (χ2v) is 2.49. The predicted octanol–water partition coefficient (Wildman–Crippen LogP) is 1.49. The van der Waals surface area contributed by atoms with Crippen LogP contribution in [-0.4, -0.2) is 14.2 Å². The Bertz CT molecular complexity index is 278. The Morgan fingerprint density at radius 2 is 2.15 bits per heavy atom. The minimum Gasteiger partial charge on any atom is -0.494 e. The van der Waals surface area contributed by atoms with E-state index in [9.17, 15) is 4.39 Å². The molecule has 0 heterocycles. The van der Waals surface area contributed by atoms with E-state index in [1.807, 2.05) is 0 Å². The molecule has 0 unspecified atom stereocenters. The molecule has 0 bridgehead atoms. The van der Waals surface area contributed by atoms with Gasteiger partial charge in [0.1, 0.15) is 0 Å². The number of hydrogen-bond donors (Lipinski definition) is 1. The molecular weight excluding hydrogens is 173 g/mol. The SMILES string of the molecule is CONCc1ccc(F)c(OC)c1. The number of methoxy groups -OCH3 is 1. The molecule has 0 aliphatic rings. The highest BCUT2D eigenvalue weighted by Gasteiger charge is 2.02. The van der Waals surface area contributed by atoms with Crippen LogP contribution in [0.4, 0.5) is 4.39 Å². The summed E-state index contributed by atoms with van der Waals surface area (Å²) >= 11 is 0. The second-order valence-electron chi connectivity index (χ2n) is 2.49. The van der Waals surface area contributed by atoms with Crippen molar-refractivity contribution in [2.75, 3.05) is 14.2 Å². The Labute approximate surface area is 76.4 Å². The number of rotatable bonds is 4. The molecule has 0 fully saturated rings. The van der Waals surface area contributed by atoms with Crippen molar-refractivity contribution in [1.82, 2.24) is 5.48 Å². The summed E-state index contributed by atoms with van der Waals surface area (Å²) in [6.07, 6.45) is 0. The molecule has 1 rings (SSSR count). The van der Waals surface area contributed by atoms with E-state index in [1.54, 1.807) is 12.1 Å².